The first kappa shape index (κ1) is 16.9. The minimum atomic E-state index is 0.371. The highest BCUT2D eigenvalue weighted by Gasteiger charge is 2.20. The van der Waals surface area contributed by atoms with Crippen LogP contribution in [0.25, 0.3) is 0 Å². The van der Waals surface area contributed by atoms with Gasteiger partial charge in [0.2, 0.25) is 5.75 Å². The van der Waals surface area contributed by atoms with Crippen LogP contribution in [0.5, 0.6) is 17.2 Å². The third kappa shape index (κ3) is 4.05. The molecule has 1 aromatic carbocycles. The number of nitrogens with one attached hydrogen (secondary N) is 1. The summed E-state index contributed by atoms with van der Waals surface area (Å²) in [5.74, 6) is 2.73. The zero-order chi connectivity index (χ0) is 15.9. The van der Waals surface area contributed by atoms with Crippen LogP contribution in [-0.4, -0.2) is 40.6 Å². The van der Waals surface area contributed by atoms with Crippen molar-refractivity contribution in [3.63, 3.8) is 0 Å². The fourth-order valence-corrected chi connectivity index (χ4v) is 2.99. The summed E-state index contributed by atoms with van der Waals surface area (Å²) in [6, 6.07) is 3.93. The van der Waals surface area contributed by atoms with Gasteiger partial charge in [-0.05, 0) is 38.3 Å². The molecule has 0 saturated carbocycles. The van der Waals surface area contributed by atoms with E-state index in [1.807, 2.05) is 12.1 Å². The molecular formula is C17H27NO4. The van der Waals surface area contributed by atoms with Crippen LogP contribution in [0.15, 0.2) is 12.1 Å². The molecule has 2 atom stereocenters. The van der Waals surface area contributed by atoms with Gasteiger partial charge in [0.25, 0.3) is 0 Å². The van der Waals surface area contributed by atoms with Gasteiger partial charge in [0.15, 0.2) is 11.5 Å². The van der Waals surface area contributed by atoms with Crippen molar-refractivity contribution < 1.29 is 18.9 Å². The molecule has 0 aliphatic carbocycles. The van der Waals surface area contributed by atoms with Crippen molar-refractivity contribution in [1.29, 1.82) is 0 Å². The normalized spacial score (nSPS) is 21.5. The standard InChI is InChI=1S/C17H27NO4/c1-12-9-13(7-8-22-12)10-18-11-14-5-6-15(19-2)17(21-4)16(14)20-3/h5-6,12-13,18H,7-11H2,1-4H3/t12-,13+/m1/s1. The molecule has 0 unspecified atom stereocenters. The van der Waals surface area contributed by atoms with Crippen molar-refractivity contribution in [2.24, 2.45) is 5.92 Å². The van der Waals surface area contributed by atoms with Crippen LogP contribution in [0.2, 0.25) is 0 Å². The van der Waals surface area contributed by atoms with Gasteiger partial charge in [0.05, 0.1) is 27.4 Å². The molecule has 1 aliphatic rings. The van der Waals surface area contributed by atoms with Gasteiger partial charge in [0.1, 0.15) is 0 Å². The van der Waals surface area contributed by atoms with Crippen LogP contribution in [0.3, 0.4) is 0 Å². The SMILES string of the molecule is COc1ccc(CNC[C@H]2CCO[C@H](C)C2)c(OC)c1OC. The Kier molecular flexibility index (Phi) is 6.34. The van der Waals surface area contributed by atoms with Crippen LogP contribution in [-0.2, 0) is 11.3 Å². The summed E-state index contributed by atoms with van der Waals surface area (Å²) in [6.07, 6.45) is 2.62. The van der Waals surface area contributed by atoms with Crippen LogP contribution >= 0.6 is 0 Å². The first-order valence-electron chi connectivity index (χ1n) is 7.79. The van der Waals surface area contributed by atoms with Crippen molar-refractivity contribution in [2.45, 2.75) is 32.4 Å². The monoisotopic (exact) mass is 309 g/mol. The van der Waals surface area contributed by atoms with E-state index in [0.717, 1.165) is 43.9 Å². The van der Waals surface area contributed by atoms with Gasteiger partial charge in [-0.1, -0.05) is 6.07 Å². The van der Waals surface area contributed by atoms with Crippen LogP contribution in [0, 0.1) is 5.92 Å². The van der Waals surface area contributed by atoms with Gasteiger partial charge in [-0.2, -0.15) is 0 Å². The topological polar surface area (TPSA) is 49.0 Å². The second kappa shape index (κ2) is 8.25. The van der Waals surface area contributed by atoms with E-state index in [9.17, 15) is 0 Å². The van der Waals surface area contributed by atoms with E-state index in [0.29, 0.717) is 23.5 Å². The second-order valence-electron chi connectivity index (χ2n) is 5.70. The van der Waals surface area contributed by atoms with Crippen molar-refractivity contribution in [2.75, 3.05) is 34.5 Å². The lowest BCUT2D eigenvalue weighted by Crippen LogP contribution is -2.31. The Balaban J connectivity index is 1.97. The highest BCUT2D eigenvalue weighted by molar-refractivity contribution is 5.55. The maximum atomic E-state index is 5.59. The van der Waals surface area contributed by atoms with Gasteiger partial charge in [-0.3, -0.25) is 0 Å². The smallest absolute Gasteiger partial charge is 0.203 e. The molecular weight excluding hydrogens is 282 g/mol. The lowest BCUT2D eigenvalue weighted by Gasteiger charge is -2.27. The molecule has 5 nitrogen and oxygen atoms in total. The average Bonchev–Trinajstić information content (AvgIpc) is 2.54. The lowest BCUT2D eigenvalue weighted by atomic mass is 9.96. The maximum absolute atomic E-state index is 5.59. The van der Waals surface area contributed by atoms with Crippen molar-refractivity contribution in [3.8, 4) is 17.2 Å². The molecule has 2 rings (SSSR count). The average molecular weight is 309 g/mol. The molecule has 1 aliphatic heterocycles. The Bertz CT molecular complexity index is 478. The molecule has 0 spiro atoms. The fourth-order valence-electron chi connectivity index (χ4n) is 2.99. The quantitative estimate of drug-likeness (QED) is 0.839. The Hall–Kier alpha value is -1.46. The molecule has 124 valence electrons. The summed E-state index contributed by atoms with van der Waals surface area (Å²) in [5.41, 5.74) is 1.07. The predicted molar refractivity (Wildman–Crippen MR) is 85.9 cm³/mol. The van der Waals surface area contributed by atoms with E-state index in [4.69, 9.17) is 18.9 Å². The first-order valence-corrected chi connectivity index (χ1v) is 7.79. The Morgan fingerprint density at radius 2 is 1.91 bits per heavy atom. The lowest BCUT2D eigenvalue weighted by molar-refractivity contribution is 0.00288. The number of methoxy groups -OCH3 is 3. The summed E-state index contributed by atoms with van der Waals surface area (Å²) < 4.78 is 21.8. The third-order valence-electron chi connectivity index (χ3n) is 4.13. The summed E-state index contributed by atoms with van der Waals surface area (Å²) in [4.78, 5) is 0. The van der Waals surface area contributed by atoms with Gasteiger partial charge in [-0.25, -0.2) is 0 Å². The van der Waals surface area contributed by atoms with Crippen molar-refractivity contribution in [1.82, 2.24) is 5.32 Å². The van der Waals surface area contributed by atoms with Crippen LogP contribution in [0.4, 0.5) is 0 Å². The number of hydrogen-bond donors (Lipinski definition) is 1. The number of hydrogen-bond acceptors (Lipinski definition) is 5. The van der Waals surface area contributed by atoms with Crippen LogP contribution < -0.4 is 19.5 Å². The number of benzene rings is 1. The second-order valence-corrected chi connectivity index (χ2v) is 5.70. The van der Waals surface area contributed by atoms with Crippen molar-refractivity contribution in [3.05, 3.63) is 17.7 Å². The molecule has 1 aromatic rings. The zero-order valence-corrected chi connectivity index (χ0v) is 14.0. The predicted octanol–water partition coefficient (Wildman–Crippen LogP) is 2.62. The van der Waals surface area contributed by atoms with Gasteiger partial charge < -0.3 is 24.3 Å². The Morgan fingerprint density at radius 1 is 1.14 bits per heavy atom. The largest absolute Gasteiger partial charge is 0.493 e. The highest BCUT2D eigenvalue weighted by Crippen LogP contribution is 2.39. The summed E-state index contributed by atoms with van der Waals surface area (Å²) in [7, 11) is 4.91. The molecule has 1 fully saturated rings. The van der Waals surface area contributed by atoms with Gasteiger partial charge in [0, 0.05) is 18.7 Å². The Labute approximate surface area is 132 Å². The molecule has 1 N–H and O–H groups in total. The van der Waals surface area contributed by atoms with Gasteiger partial charge in [-0.15, -0.1) is 0 Å². The summed E-state index contributed by atoms with van der Waals surface area (Å²) >= 11 is 0. The minimum Gasteiger partial charge on any atom is -0.493 e. The highest BCUT2D eigenvalue weighted by atomic mass is 16.5. The van der Waals surface area contributed by atoms with E-state index >= 15 is 0 Å². The Morgan fingerprint density at radius 3 is 2.55 bits per heavy atom. The minimum absolute atomic E-state index is 0.371. The molecule has 0 aromatic heterocycles. The number of ether oxygens (including phenoxy) is 4. The van der Waals surface area contributed by atoms with Gasteiger partial charge >= 0.3 is 0 Å². The van der Waals surface area contributed by atoms with Crippen molar-refractivity contribution >= 4 is 0 Å². The van der Waals surface area contributed by atoms with Crippen LogP contribution in [0.1, 0.15) is 25.3 Å². The maximum Gasteiger partial charge on any atom is 0.203 e. The third-order valence-corrected chi connectivity index (χ3v) is 4.13. The molecule has 1 heterocycles. The molecule has 5 heteroatoms. The molecule has 0 radical (unpaired) electrons. The van der Waals surface area contributed by atoms with E-state index in [1.54, 1.807) is 21.3 Å². The first-order chi connectivity index (χ1) is 10.7. The zero-order valence-electron chi connectivity index (χ0n) is 14.0. The number of rotatable bonds is 7. The van der Waals surface area contributed by atoms with E-state index in [2.05, 4.69) is 12.2 Å². The molecule has 22 heavy (non-hydrogen) atoms. The van der Waals surface area contributed by atoms with E-state index in [-0.39, 0.29) is 0 Å². The summed E-state index contributed by atoms with van der Waals surface area (Å²) in [5, 5.41) is 3.52. The fraction of sp³-hybridized carbons (Fsp3) is 0.647. The van der Waals surface area contributed by atoms with E-state index < -0.39 is 0 Å². The van der Waals surface area contributed by atoms with E-state index in [1.165, 1.54) is 0 Å². The molecule has 0 amide bonds. The summed E-state index contributed by atoms with van der Waals surface area (Å²) in [6.45, 7) is 4.75. The molecule has 0 bridgehead atoms. The molecule has 1 saturated heterocycles.